The number of rotatable bonds is 2. The van der Waals surface area contributed by atoms with Gasteiger partial charge in [0, 0.05) is 5.69 Å². The van der Waals surface area contributed by atoms with Crippen LogP contribution in [0.15, 0.2) is 36.4 Å². The maximum absolute atomic E-state index is 13.3. The zero-order valence-corrected chi connectivity index (χ0v) is 11.6. The van der Waals surface area contributed by atoms with E-state index in [1.807, 2.05) is 0 Å². The molecule has 1 heterocycles. The van der Waals surface area contributed by atoms with Gasteiger partial charge in [-0.2, -0.15) is 0 Å². The highest BCUT2D eigenvalue weighted by Gasteiger charge is 2.23. The first kappa shape index (κ1) is 13.1. The highest BCUT2D eigenvalue weighted by molar-refractivity contribution is 5.59. The fourth-order valence-electron chi connectivity index (χ4n) is 2.67. The largest absolute Gasteiger partial charge is 0.378 e. The second-order valence-corrected chi connectivity index (χ2v) is 5.65. The molecule has 3 rings (SSSR count). The Morgan fingerprint density at radius 3 is 2.55 bits per heavy atom. The van der Waals surface area contributed by atoms with Gasteiger partial charge in [-0.25, -0.2) is 8.78 Å². The molecular weight excluding hydrogens is 256 g/mol. The predicted octanol–water partition coefficient (Wildman–Crippen LogP) is 4.80. The molecule has 0 saturated carbocycles. The number of hydrogen-bond acceptors (Lipinski definition) is 1. The first-order valence-corrected chi connectivity index (χ1v) is 6.89. The molecular formula is C17H17F2N. The Kier molecular flexibility index (Phi) is 3.20. The van der Waals surface area contributed by atoms with Crippen molar-refractivity contribution < 1.29 is 8.78 Å². The summed E-state index contributed by atoms with van der Waals surface area (Å²) in [5.41, 5.74) is 4.41. The first-order chi connectivity index (χ1) is 9.54. The lowest BCUT2D eigenvalue weighted by Crippen LogP contribution is -2.06. The van der Waals surface area contributed by atoms with Gasteiger partial charge in [-0.3, -0.25) is 0 Å². The minimum Gasteiger partial charge on any atom is -0.378 e. The van der Waals surface area contributed by atoms with Crippen molar-refractivity contribution in [3.05, 3.63) is 64.7 Å². The van der Waals surface area contributed by atoms with Crippen LogP contribution in [0, 0.1) is 11.6 Å². The van der Waals surface area contributed by atoms with Gasteiger partial charge in [0.25, 0.3) is 0 Å². The molecule has 0 aromatic heterocycles. The average molecular weight is 273 g/mol. The molecule has 3 heteroatoms. The van der Waals surface area contributed by atoms with E-state index < -0.39 is 11.6 Å². The lowest BCUT2D eigenvalue weighted by molar-refractivity contribution is 0.506. The summed E-state index contributed by atoms with van der Waals surface area (Å²) >= 11 is 0. The molecule has 0 aliphatic carbocycles. The lowest BCUT2D eigenvalue weighted by Gasteiger charge is -2.11. The predicted molar refractivity (Wildman–Crippen MR) is 77.0 cm³/mol. The van der Waals surface area contributed by atoms with E-state index in [9.17, 15) is 8.78 Å². The quantitative estimate of drug-likeness (QED) is 0.829. The molecule has 20 heavy (non-hydrogen) atoms. The summed E-state index contributed by atoms with van der Waals surface area (Å²) in [5, 5.41) is 3.37. The number of nitrogens with one attached hydrogen (secondary N) is 1. The van der Waals surface area contributed by atoms with Crippen molar-refractivity contribution >= 4 is 5.69 Å². The Morgan fingerprint density at radius 1 is 1.05 bits per heavy atom. The standard InChI is InChI=1S/C17H17F2N/c1-10(2)11-4-6-16-13(7-11)9-17(20-16)12-3-5-14(18)15(19)8-12/h3-8,10,17,20H,9H2,1-2H3. The maximum Gasteiger partial charge on any atom is 0.159 e. The fraction of sp³-hybridized carbons (Fsp3) is 0.294. The van der Waals surface area contributed by atoms with E-state index in [2.05, 4.69) is 37.4 Å². The highest BCUT2D eigenvalue weighted by atomic mass is 19.2. The van der Waals surface area contributed by atoms with Crippen LogP contribution in [0.3, 0.4) is 0 Å². The molecule has 1 aliphatic heterocycles. The first-order valence-electron chi connectivity index (χ1n) is 6.89. The summed E-state index contributed by atoms with van der Waals surface area (Å²) in [6.45, 7) is 4.33. The molecule has 104 valence electrons. The molecule has 0 saturated heterocycles. The molecule has 0 fully saturated rings. The second kappa shape index (κ2) is 4.89. The van der Waals surface area contributed by atoms with Crippen LogP contribution in [0.25, 0.3) is 0 Å². The molecule has 0 spiro atoms. The normalized spacial score (nSPS) is 17.1. The van der Waals surface area contributed by atoms with Gasteiger partial charge in [-0.1, -0.05) is 32.0 Å². The van der Waals surface area contributed by atoms with Gasteiger partial charge in [0.1, 0.15) is 0 Å². The number of halogens is 2. The topological polar surface area (TPSA) is 12.0 Å². The smallest absolute Gasteiger partial charge is 0.159 e. The Morgan fingerprint density at radius 2 is 1.85 bits per heavy atom. The monoisotopic (exact) mass is 273 g/mol. The number of anilines is 1. The molecule has 2 aromatic carbocycles. The highest BCUT2D eigenvalue weighted by Crippen LogP contribution is 2.36. The molecule has 1 N–H and O–H groups in total. The van der Waals surface area contributed by atoms with Crippen molar-refractivity contribution in [3.63, 3.8) is 0 Å². The van der Waals surface area contributed by atoms with E-state index in [1.165, 1.54) is 23.3 Å². The van der Waals surface area contributed by atoms with E-state index in [1.54, 1.807) is 6.07 Å². The molecule has 2 aromatic rings. The SMILES string of the molecule is CC(C)c1ccc2c(c1)CC(c1ccc(F)c(F)c1)N2. The van der Waals surface area contributed by atoms with Gasteiger partial charge in [-0.05, 0) is 47.2 Å². The number of fused-ring (bicyclic) bond motifs is 1. The number of hydrogen-bond donors (Lipinski definition) is 1. The van der Waals surface area contributed by atoms with Crippen LogP contribution in [-0.4, -0.2) is 0 Å². The summed E-state index contributed by atoms with van der Waals surface area (Å²) in [6.07, 6.45) is 0.807. The van der Waals surface area contributed by atoms with Crippen LogP contribution < -0.4 is 5.32 Å². The third-order valence-electron chi connectivity index (χ3n) is 3.90. The minimum absolute atomic E-state index is 0.0162. The van der Waals surface area contributed by atoms with Gasteiger partial charge in [-0.15, -0.1) is 0 Å². The van der Waals surface area contributed by atoms with Crippen molar-refractivity contribution in [3.8, 4) is 0 Å². The van der Waals surface area contributed by atoms with E-state index in [4.69, 9.17) is 0 Å². The van der Waals surface area contributed by atoms with E-state index in [0.29, 0.717) is 5.92 Å². The molecule has 1 aliphatic rings. The van der Waals surface area contributed by atoms with Crippen LogP contribution in [-0.2, 0) is 6.42 Å². The van der Waals surface area contributed by atoms with Crippen LogP contribution in [0.1, 0.15) is 42.5 Å². The zero-order valence-electron chi connectivity index (χ0n) is 11.6. The fourth-order valence-corrected chi connectivity index (χ4v) is 2.67. The Labute approximate surface area is 117 Å². The third kappa shape index (κ3) is 2.28. The van der Waals surface area contributed by atoms with Gasteiger partial charge < -0.3 is 5.32 Å². The zero-order chi connectivity index (χ0) is 14.3. The maximum atomic E-state index is 13.3. The minimum atomic E-state index is -0.800. The van der Waals surface area contributed by atoms with E-state index >= 15 is 0 Å². The lowest BCUT2D eigenvalue weighted by atomic mass is 9.97. The van der Waals surface area contributed by atoms with E-state index in [0.717, 1.165) is 17.7 Å². The Bertz CT molecular complexity index is 649. The van der Waals surface area contributed by atoms with Crippen LogP contribution in [0.2, 0.25) is 0 Å². The van der Waals surface area contributed by atoms with Crippen LogP contribution in [0.4, 0.5) is 14.5 Å². The molecule has 0 radical (unpaired) electrons. The van der Waals surface area contributed by atoms with Crippen molar-refractivity contribution in [2.24, 2.45) is 0 Å². The average Bonchev–Trinajstić information content (AvgIpc) is 2.84. The number of benzene rings is 2. The molecule has 0 bridgehead atoms. The summed E-state index contributed by atoms with van der Waals surface area (Å²) in [4.78, 5) is 0. The molecule has 0 amide bonds. The van der Waals surface area contributed by atoms with Crippen molar-refractivity contribution in [2.75, 3.05) is 5.32 Å². The molecule has 1 atom stereocenters. The molecule has 1 nitrogen and oxygen atoms in total. The van der Waals surface area contributed by atoms with Gasteiger partial charge >= 0.3 is 0 Å². The molecule has 1 unspecified atom stereocenters. The van der Waals surface area contributed by atoms with Gasteiger partial charge in [0.2, 0.25) is 0 Å². The van der Waals surface area contributed by atoms with Crippen LogP contribution >= 0.6 is 0 Å². The second-order valence-electron chi connectivity index (χ2n) is 5.65. The van der Waals surface area contributed by atoms with Gasteiger partial charge in [0.15, 0.2) is 11.6 Å². The Hall–Kier alpha value is -1.90. The third-order valence-corrected chi connectivity index (χ3v) is 3.90. The van der Waals surface area contributed by atoms with Crippen molar-refractivity contribution in [2.45, 2.75) is 32.2 Å². The van der Waals surface area contributed by atoms with Crippen molar-refractivity contribution in [1.29, 1.82) is 0 Å². The van der Waals surface area contributed by atoms with Gasteiger partial charge in [0.05, 0.1) is 6.04 Å². The summed E-state index contributed by atoms with van der Waals surface area (Å²) in [5.74, 6) is -1.10. The summed E-state index contributed by atoms with van der Waals surface area (Å²) in [6, 6.07) is 10.5. The van der Waals surface area contributed by atoms with Crippen molar-refractivity contribution in [1.82, 2.24) is 0 Å². The van der Waals surface area contributed by atoms with Crippen LogP contribution in [0.5, 0.6) is 0 Å². The summed E-state index contributed by atoms with van der Waals surface area (Å²) in [7, 11) is 0. The van der Waals surface area contributed by atoms with E-state index in [-0.39, 0.29) is 6.04 Å². The summed E-state index contributed by atoms with van der Waals surface area (Å²) < 4.78 is 26.3. The Balaban J connectivity index is 1.88.